The molecule has 5 heteroatoms. The van der Waals surface area contributed by atoms with Crippen molar-refractivity contribution in [1.82, 2.24) is 10.6 Å². The lowest BCUT2D eigenvalue weighted by molar-refractivity contribution is 0.173. The Morgan fingerprint density at radius 2 is 2.09 bits per heavy atom. The molecule has 2 aromatic rings. The Morgan fingerprint density at radius 1 is 1.23 bits per heavy atom. The fourth-order valence-electron chi connectivity index (χ4n) is 2.75. The number of rotatable bonds is 5. The highest BCUT2D eigenvalue weighted by Crippen LogP contribution is 2.22. The van der Waals surface area contributed by atoms with Gasteiger partial charge in [0.2, 0.25) is 0 Å². The third kappa shape index (κ3) is 3.67. The van der Waals surface area contributed by atoms with Crippen LogP contribution in [0.2, 0.25) is 0 Å². The van der Waals surface area contributed by atoms with Crippen molar-refractivity contribution in [3.8, 4) is 0 Å². The molecule has 0 saturated heterocycles. The number of carbonyl (C=O) groups excluding carboxylic acids is 1. The summed E-state index contributed by atoms with van der Waals surface area (Å²) in [5, 5.41) is 19.2. The van der Waals surface area contributed by atoms with Gasteiger partial charge in [-0.15, -0.1) is 0 Å². The van der Waals surface area contributed by atoms with E-state index in [0.717, 1.165) is 17.5 Å². The number of aryl methyl sites for hydroxylation is 2. The Labute approximate surface area is 134 Å². The molecule has 0 fully saturated rings. The summed E-state index contributed by atoms with van der Waals surface area (Å²) >= 11 is 1.53. The van der Waals surface area contributed by atoms with E-state index in [-0.39, 0.29) is 12.6 Å². The zero-order valence-corrected chi connectivity index (χ0v) is 13.2. The van der Waals surface area contributed by atoms with E-state index in [4.69, 9.17) is 0 Å². The molecule has 22 heavy (non-hydrogen) atoms. The number of benzene rings is 1. The molecule has 1 aromatic carbocycles. The summed E-state index contributed by atoms with van der Waals surface area (Å²) < 4.78 is 0. The molecule has 1 atom stereocenters. The van der Waals surface area contributed by atoms with Crippen LogP contribution in [0.5, 0.6) is 0 Å². The Bertz CT molecular complexity index is 640. The quantitative estimate of drug-likeness (QED) is 0.794. The number of hydrogen-bond donors (Lipinski definition) is 3. The molecule has 1 aliphatic rings. The monoisotopic (exact) mass is 316 g/mol. The highest BCUT2D eigenvalue weighted by atomic mass is 32.1. The number of aliphatic hydroxyl groups is 1. The fourth-order valence-corrected chi connectivity index (χ4v) is 3.46. The molecule has 0 bridgehead atoms. The predicted molar refractivity (Wildman–Crippen MR) is 88.0 cm³/mol. The van der Waals surface area contributed by atoms with Crippen molar-refractivity contribution in [1.29, 1.82) is 0 Å². The number of nitrogens with one attached hydrogen (secondary N) is 2. The first-order valence-corrected chi connectivity index (χ1v) is 8.49. The normalized spacial score (nSPS) is 14.4. The molecular formula is C17H20N2O2S. The predicted octanol–water partition coefficient (Wildman–Crippen LogP) is 2.77. The van der Waals surface area contributed by atoms with Gasteiger partial charge in [-0.05, 0) is 58.3 Å². The van der Waals surface area contributed by atoms with Crippen molar-refractivity contribution >= 4 is 17.4 Å². The van der Waals surface area contributed by atoms with Gasteiger partial charge in [-0.3, -0.25) is 0 Å². The smallest absolute Gasteiger partial charge is 0.315 e. The van der Waals surface area contributed by atoms with Gasteiger partial charge in [0.05, 0.1) is 6.10 Å². The molecule has 1 aromatic heterocycles. The van der Waals surface area contributed by atoms with Crippen LogP contribution in [-0.2, 0) is 19.4 Å². The van der Waals surface area contributed by atoms with Gasteiger partial charge in [-0.25, -0.2) is 4.79 Å². The van der Waals surface area contributed by atoms with Gasteiger partial charge in [0, 0.05) is 13.1 Å². The van der Waals surface area contributed by atoms with Crippen LogP contribution in [-0.4, -0.2) is 17.7 Å². The average molecular weight is 316 g/mol. The third-order valence-electron chi connectivity index (χ3n) is 4.00. The summed E-state index contributed by atoms with van der Waals surface area (Å²) in [6, 6.07) is 8.03. The largest absolute Gasteiger partial charge is 0.387 e. The minimum absolute atomic E-state index is 0.215. The van der Waals surface area contributed by atoms with Gasteiger partial charge in [0.1, 0.15) is 0 Å². The molecule has 2 amide bonds. The number of thiophene rings is 1. The Balaban J connectivity index is 1.44. The molecular weight excluding hydrogens is 296 g/mol. The number of carbonyl (C=O) groups is 1. The minimum atomic E-state index is -0.656. The summed E-state index contributed by atoms with van der Waals surface area (Å²) in [5.74, 6) is 0. The molecule has 116 valence electrons. The lowest BCUT2D eigenvalue weighted by atomic mass is 10.1. The van der Waals surface area contributed by atoms with E-state index in [9.17, 15) is 9.90 Å². The molecule has 0 aliphatic heterocycles. The maximum absolute atomic E-state index is 11.8. The van der Waals surface area contributed by atoms with Crippen molar-refractivity contribution in [2.45, 2.75) is 31.9 Å². The first-order chi connectivity index (χ1) is 10.7. The number of amides is 2. The van der Waals surface area contributed by atoms with Crippen molar-refractivity contribution in [3.63, 3.8) is 0 Å². The van der Waals surface area contributed by atoms with Crippen molar-refractivity contribution in [3.05, 3.63) is 57.3 Å². The van der Waals surface area contributed by atoms with E-state index in [1.807, 2.05) is 16.8 Å². The molecule has 0 radical (unpaired) electrons. The zero-order valence-electron chi connectivity index (χ0n) is 12.3. The second kappa shape index (κ2) is 6.94. The minimum Gasteiger partial charge on any atom is -0.387 e. The molecule has 1 aliphatic carbocycles. The lowest BCUT2D eigenvalue weighted by Gasteiger charge is -2.12. The van der Waals surface area contributed by atoms with Gasteiger partial charge in [-0.1, -0.05) is 18.2 Å². The van der Waals surface area contributed by atoms with Crippen LogP contribution in [0.1, 0.15) is 34.8 Å². The number of urea groups is 1. The fraction of sp³-hybridized carbons (Fsp3) is 0.353. The van der Waals surface area contributed by atoms with E-state index in [2.05, 4.69) is 28.8 Å². The van der Waals surface area contributed by atoms with Gasteiger partial charge in [0.25, 0.3) is 0 Å². The second-order valence-electron chi connectivity index (χ2n) is 5.59. The highest BCUT2D eigenvalue weighted by Gasteiger charge is 2.12. The van der Waals surface area contributed by atoms with Crippen LogP contribution < -0.4 is 10.6 Å². The van der Waals surface area contributed by atoms with E-state index >= 15 is 0 Å². The molecule has 0 saturated carbocycles. The maximum Gasteiger partial charge on any atom is 0.315 e. The molecule has 0 spiro atoms. The lowest BCUT2D eigenvalue weighted by Crippen LogP contribution is -2.37. The molecule has 1 unspecified atom stereocenters. The van der Waals surface area contributed by atoms with Crippen molar-refractivity contribution in [2.24, 2.45) is 0 Å². The van der Waals surface area contributed by atoms with E-state index in [0.29, 0.717) is 6.54 Å². The van der Waals surface area contributed by atoms with Crippen LogP contribution in [0.3, 0.4) is 0 Å². The summed E-state index contributed by atoms with van der Waals surface area (Å²) in [7, 11) is 0. The van der Waals surface area contributed by atoms with Gasteiger partial charge in [-0.2, -0.15) is 11.3 Å². The number of aliphatic hydroxyl groups excluding tert-OH is 1. The Hall–Kier alpha value is -1.85. The van der Waals surface area contributed by atoms with Crippen LogP contribution >= 0.6 is 11.3 Å². The van der Waals surface area contributed by atoms with E-state index < -0.39 is 6.10 Å². The standard InChI is InChI=1S/C17H20N2O2S/c20-16(15-6-7-22-11-15)10-19-17(21)18-9-12-4-5-13-2-1-3-14(13)8-12/h4-8,11,16,20H,1-3,9-10H2,(H2,18,19,21). The topological polar surface area (TPSA) is 61.4 Å². The average Bonchev–Trinajstić information content (AvgIpc) is 3.20. The first kappa shape index (κ1) is 15.1. The van der Waals surface area contributed by atoms with E-state index in [1.165, 1.54) is 35.3 Å². The summed E-state index contributed by atoms with van der Waals surface area (Å²) in [4.78, 5) is 11.8. The molecule has 4 nitrogen and oxygen atoms in total. The highest BCUT2D eigenvalue weighted by molar-refractivity contribution is 7.07. The SMILES string of the molecule is O=C(NCc1ccc2c(c1)CCC2)NCC(O)c1ccsc1. The van der Waals surface area contributed by atoms with Gasteiger partial charge in [0.15, 0.2) is 0 Å². The molecule has 1 heterocycles. The molecule has 3 N–H and O–H groups in total. The number of fused-ring (bicyclic) bond motifs is 1. The second-order valence-corrected chi connectivity index (χ2v) is 6.37. The summed E-state index contributed by atoms with van der Waals surface area (Å²) in [6.45, 7) is 0.723. The number of hydrogen-bond acceptors (Lipinski definition) is 3. The zero-order chi connectivity index (χ0) is 15.4. The van der Waals surface area contributed by atoms with Crippen LogP contribution in [0.4, 0.5) is 4.79 Å². The Morgan fingerprint density at radius 3 is 2.91 bits per heavy atom. The molecule has 3 rings (SSSR count). The third-order valence-corrected chi connectivity index (χ3v) is 4.70. The van der Waals surface area contributed by atoms with Crippen molar-refractivity contribution < 1.29 is 9.90 Å². The van der Waals surface area contributed by atoms with Gasteiger partial charge >= 0.3 is 6.03 Å². The van der Waals surface area contributed by atoms with Gasteiger partial charge < -0.3 is 15.7 Å². The van der Waals surface area contributed by atoms with Crippen LogP contribution in [0.15, 0.2) is 35.0 Å². The van der Waals surface area contributed by atoms with Crippen molar-refractivity contribution in [2.75, 3.05) is 6.54 Å². The summed E-state index contributed by atoms with van der Waals surface area (Å²) in [6.07, 6.45) is 2.89. The van der Waals surface area contributed by atoms with E-state index in [1.54, 1.807) is 0 Å². The van der Waals surface area contributed by atoms with Crippen LogP contribution in [0.25, 0.3) is 0 Å². The summed E-state index contributed by atoms with van der Waals surface area (Å²) in [5.41, 5.74) is 4.80. The van der Waals surface area contributed by atoms with Crippen LogP contribution in [0, 0.1) is 0 Å². The Kier molecular flexibility index (Phi) is 4.75. The first-order valence-electron chi connectivity index (χ1n) is 7.55. The maximum atomic E-state index is 11.8.